The zero-order valence-electron chi connectivity index (χ0n) is 16.7. The van der Waals surface area contributed by atoms with Gasteiger partial charge >= 0.3 is 0 Å². The summed E-state index contributed by atoms with van der Waals surface area (Å²) in [6, 6.07) is 6.19. The fraction of sp³-hybridized carbons (Fsp3) is 0.600. The minimum Gasteiger partial charge on any atom is -0.274 e. The number of hydrogen-bond acceptors (Lipinski definition) is 4. The first kappa shape index (κ1) is 20.0. The average Bonchev–Trinajstić information content (AvgIpc) is 2.79. The van der Waals surface area contributed by atoms with Gasteiger partial charge in [-0.25, -0.2) is 13.3 Å². The van der Waals surface area contributed by atoms with Crippen LogP contribution in [0, 0.1) is 16.7 Å². The second kappa shape index (κ2) is 6.41. The summed E-state index contributed by atoms with van der Waals surface area (Å²) < 4.78 is 27.0. The van der Waals surface area contributed by atoms with Crippen LogP contribution in [0.2, 0.25) is 0 Å². The summed E-state index contributed by atoms with van der Waals surface area (Å²) in [5.41, 5.74) is -0.686. The third-order valence-corrected chi connectivity index (χ3v) is 8.88. The van der Waals surface area contributed by atoms with Crippen molar-refractivity contribution in [2.45, 2.75) is 52.4 Å². The van der Waals surface area contributed by atoms with Gasteiger partial charge in [-0.15, -0.1) is 0 Å². The molecular formula is C20H28N2O4S. The maximum atomic E-state index is 13.3. The van der Waals surface area contributed by atoms with Crippen molar-refractivity contribution in [3.8, 4) is 0 Å². The minimum atomic E-state index is -3.66. The van der Waals surface area contributed by atoms with E-state index >= 15 is 0 Å². The first-order chi connectivity index (χ1) is 12.5. The van der Waals surface area contributed by atoms with E-state index in [0.29, 0.717) is 31.6 Å². The molecule has 6 nitrogen and oxygen atoms in total. The lowest BCUT2D eigenvalue weighted by molar-refractivity contribution is -0.146. The van der Waals surface area contributed by atoms with Gasteiger partial charge in [-0.3, -0.25) is 9.59 Å². The summed E-state index contributed by atoms with van der Waals surface area (Å²) in [6.07, 6.45) is 1.35. The molecule has 7 heteroatoms. The minimum absolute atomic E-state index is 0.103. The summed E-state index contributed by atoms with van der Waals surface area (Å²) in [6.45, 7) is 10.2. The fourth-order valence-corrected chi connectivity index (χ4v) is 6.06. The molecule has 1 saturated carbocycles. The summed E-state index contributed by atoms with van der Waals surface area (Å²) in [7, 11) is -3.66. The van der Waals surface area contributed by atoms with Crippen molar-refractivity contribution < 1.29 is 18.0 Å². The molecule has 0 spiro atoms. The molecule has 1 saturated heterocycles. The van der Waals surface area contributed by atoms with Crippen LogP contribution in [-0.4, -0.2) is 37.6 Å². The van der Waals surface area contributed by atoms with E-state index < -0.39 is 20.9 Å². The van der Waals surface area contributed by atoms with Gasteiger partial charge in [0.05, 0.1) is 16.0 Å². The van der Waals surface area contributed by atoms with E-state index in [2.05, 4.69) is 0 Å². The van der Waals surface area contributed by atoms with Crippen molar-refractivity contribution in [2.24, 2.45) is 16.7 Å². The molecule has 2 bridgehead atoms. The van der Waals surface area contributed by atoms with Gasteiger partial charge < -0.3 is 0 Å². The standard InChI is InChI=1S/C20H28N2O4S/c1-6-21(7-2)27(25,26)15-10-8-9-14(13-15)22-17(23)16-11-12-20(5,18(22)24)19(16,3)4/h8-10,13,16H,6-7,11-12H2,1-5H3/t16-,20+/m1/s1. The highest BCUT2D eigenvalue weighted by atomic mass is 32.2. The third-order valence-electron chi connectivity index (χ3n) is 6.84. The molecule has 0 radical (unpaired) electrons. The number of anilines is 1. The zero-order chi connectivity index (χ0) is 20.2. The van der Waals surface area contributed by atoms with Crippen molar-refractivity contribution >= 4 is 27.5 Å². The molecule has 27 heavy (non-hydrogen) atoms. The monoisotopic (exact) mass is 392 g/mol. The van der Waals surface area contributed by atoms with Gasteiger partial charge in [0.25, 0.3) is 0 Å². The molecule has 1 aromatic carbocycles. The van der Waals surface area contributed by atoms with Crippen LogP contribution >= 0.6 is 0 Å². The highest BCUT2D eigenvalue weighted by Gasteiger charge is 2.64. The molecule has 2 amide bonds. The number of amides is 2. The highest BCUT2D eigenvalue weighted by Crippen LogP contribution is 2.60. The van der Waals surface area contributed by atoms with Crippen LogP contribution in [0.3, 0.4) is 0 Å². The van der Waals surface area contributed by atoms with Gasteiger partial charge in [-0.1, -0.05) is 40.7 Å². The lowest BCUT2D eigenvalue weighted by Crippen LogP contribution is -2.59. The average molecular weight is 393 g/mol. The number of piperidine rings is 1. The van der Waals surface area contributed by atoms with E-state index in [9.17, 15) is 18.0 Å². The van der Waals surface area contributed by atoms with E-state index in [-0.39, 0.29) is 22.6 Å². The van der Waals surface area contributed by atoms with Crippen LogP contribution in [0.4, 0.5) is 5.69 Å². The Balaban J connectivity index is 2.06. The maximum Gasteiger partial charge on any atom is 0.243 e. The number of fused-ring (bicyclic) bond motifs is 2. The number of carbonyl (C=O) groups is 2. The summed E-state index contributed by atoms with van der Waals surface area (Å²) in [5, 5.41) is 0. The first-order valence-corrected chi connectivity index (χ1v) is 10.9. The van der Waals surface area contributed by atoms with Crippen LogP contribution in [0.15, 0.2) is 29.2 Å². The number of carbonyl (C=O) groups excluding carboxylic acids is 2. The molecule has 2 fully saturated rings. The molecule has 1 aromatic rings. The smallest absolute Gasteiger partial charge is 0.243 e. The Hall–Kier alpha value is -1.73. The zero-order valence-corrected chi connectivity index (χ0v) is 17.5. The molecule has 3 rings (SSSR count). The molecule has 0 N–H and O–H groups in total. The van der Waals surface area contributed by atoms with Gasteiger partial charge in [-0.2, -0.15) is 4.31 Å². The molecule has 2 aliphatic rings. The largest absolute Gasteiger partial charge is 0.274 e. The number of nitrogens with zero attached hydrogens (tertiary/aromatic N) is 2. The van der Waals surface area contributed by atoms with Crippen LogP contribution < -0.4 is 4.90 Å². The highest BCUT2D eigenvalue weighted by molar-refractivity contribution is 7.89. The summed E-state index contributed by atoms with van der Waals surface area (Å²) in [5.74, 6) is -0.691. The predicted molar refractivity (Wildman–Crippen MR) is 104 cm³/mol. The van der Waals surface area contributed by atoms with Crippen LogP contribution in [0.1, 0.15) is 47.5 Å². The predicted octanol–water partition coefficient (Wildman–Crippen LogP) is 3.03. The van der Waals surface area contributed by atoms with Crippen LogP contribution in [-0.2, 0) is 19.6 Å². The maximum absolute atomic E-state index is 13.3. The van der Waals surface area contributed by atoms with Gasteiger partial charge in [0.2, 0.25) is 21.8 Å². The Morgan fingerprint density at radius 1 is 1.15 bits per heavy atom. The lowest BCUT2D eigenvalue weighted by atomic mass is 9.62. The van der Waals surface area contributed by atoms with Crippen molar-refractivity contribution in [3.05, 3.63) is 24.3 Å². The number of imide groups is 1. The molecule has 1 aliphatic carbocycles. The lowest BCUT2D eigenvalue weighted by Gasteiger charge is -2.47. The molecule has 1 heterocycles. The van der Waals surface area contributed by atoms with Gasteiger partial charge in [0, 0.05) is 19.0 Å². The molecule has 0 unspecified atom stereocenters. The Labute approximate surface area is 161 Å². The van der Waals surface area contributed by atoms with E-state index in [4.69, 9.17) is 0 Å². The molecule has 2 atom stereocenters. The number of hydrogen-bond donors (Lipinski definition) is 0. The number of sulfonamides is 1. The van der Waals surface area contributed by atoms with Gasteiger partial charge in [-0.05, 0) is 36.5 Å². The molecule has 0 aromatic heterocycles. The van der Waals surface area contributed by atoms with Crippen molar-refractivity contribution in [3.63, 3.8) is 0 Å². The van der Waals surface area contributed by atoms with E-state index in [0.717, 1.165) is 0 Å². The third kappa shape index (κ3) is 2.66. The molecule has 1 aliphatic heterocycles. The quantitative estimate of drug-likeness (QED) is 0.722. The normalized spacial score (nSPS) is 27.5. The first-order valence-electron chi connectivity index (χ1n) is 9.51. The Morgan fingerprint density at radius 3 is 2.37 bits per heavy atom. The molecular weight excluding hydrogens is 364 g/mol. The Bertz CT molecular complexity index is 889. The molecule has 148 valence electrons. The SMILES string of the molecule is CCN(CC)S(=O)(=O)c1cccc(N2C(=O)[C@H]3CC[C@@](C)(C2=O)C3(C)C)c1. The topological polar surface area (TPSA) is 74.8 Å². The van der Waals surface area contributed by atoms with Crippen LogP contribution in [0.5, 0.6) is 0 Å². The second-order valence-electron chi connectivity index (χ2n) is 8.21. The fourth-order valence-electron chi connectivity index (χ4n) is 4.56. The van der Waals surface area contributed by atoms with E-state index in [1.807, 2.05) is 20.8 Å². The van der Waals surface area contributed by atoms with Crippen molar-refractivity contribution in [1.29, 1.82) is 0 Å². The van der Waals surface area contributed by atoms with Crippen molar-refractivity contribution in [1.82, 2.24) is 4.31 Å². The van der Waals surface area contributed by atoms with Gasteiger partial charge in [0.15, 0.2) is 0 Å². The Morgan fingerprint density at radius 2 is 1.78 bits per heavy atom. The second-order valence-corrected chi connectivity index (χ2v) is 10.1. The summed E-state index contributed by atoms with van der Waals surface area (Å²) in [4.78, 5) is 27.7. The van der Waals surface area contributed by atoms with Gasteiger partial charge in [0.1, 0.15) is 0 Å². The number of rotatable bonds is 5. The van der Waals surface area contributed by atoms with Crippen molar-refractivity contribution in [2.75, 3.05) is 18.0 Å². The van der Waals surface area contributed by atoms with E-state index in [1.54, 1.807) is 26.0 Å². The number of benzene rings is 1. The van der Waals surface area contributed by atoms with E-state index in [1.165, 1.54) is 21.3 Å². The Kier molecular flexibility index (Phi) is 4.75. The van der Waals surface area contributed by atoms with Crippen LogP contribution in [0.25, 0.3) is 0 Å². The summed E-state index contributed by atoms with van der Waals surface area (Å²) >= 11 is 0.